The van der Waals surface area contributed by atoms with Crippen LogP contribution in [0.1, 0.15) is 29.7 Å². The number of aliphatic hydroxyl groups excluding tert-OH is 1. The van der Waals surface area contributed by atoms with Crippen molar-refractivity contribution in [1.29, 1.82) is 5.26 Å². The number of para-hydroxylation sites is 1. The van der Waals surface area contributed by atoms with Crippen LogP contribution in [0.5, 0.6) is 11.5 Å². The Kier molecular flexibility index (Phi) is 3.84. The van der Waals surface area contributed by atoms with E-state index in [1.54, 1.807) is 25.1 Å². The van der Waals surface area contributed by atoms with Crippen LogP contribution < -0.4 is 4.74 Å². The minimum absolute atomic E-state index is 0.507. The third-order valence-corrected chi connectivity index (χ3v) is 2.91. The van der Waals surface area contributed by atoms with Crippen molar-refractivity contribution in [3.63, 3.8) is 0 Å². The lowest BCUT2D eigenvalue weighted by Crippen LogP contribution is -1.97. The summed E-state index contributed by atoms with van der Waals surface area (Å²) in [6.07, 6.45) is -0.647. The highest BCUT2D eigenvalue weighted by Gasteiger charge is 2.12. The van der Waals surface area contributed by atoms with Gasteiger partial charge in [0.1, 0.15) is 11.5 Å². The molecule has 0 saturated carbocycles. The molecule has 0 aliphatic heterocycles. The van der Waals surface area contributed by atoms with Crippen molar-refractivity contribution in [1.82, 2.24) is 0 Å². The Hall–Kier alpha value is -2.31. The van der Waals surface area contributed by atoms with Crippen molar-refractivity contribution in [3.8, 4) is 17.6 Å². The minimum Gasteiger partial charge on any atom is -0.457 e. The van der Waals surface area contributed by atoms with Gasteiger partial charge in [0, 0.05) is 5.56 Å². The van der Waals surface area contributed by atoms with Crippen LogP contribution >= 0.6 is 0 Å². The molecule has 0 radical (unpaired) electrons. The average molecular weight is 253 g/mol. The van der Waals surface area contributed by atoms with Gasteiger partial charge in [0.05, 0.1) is 17.7 Å². The number of rotatable bonds is 3. The maximum absolute atomic E-state index is 9.75. The van der Waals surface area contributed by atoms with E-state index in [1.165, 1.54) is 0 Å². The molecule has 1 atom stereocenters. The van der Waals surface area contributed by atoms with E-state index in [-0.39, 0.29) is 0 Å². The summed E-state index contributed by atoms with van der Waals surface area (Å²) in [5, 5.41) is 18.7. The molecule has 96 valence electrons. The molecule has 3 nitrogen and oxygen atoms in total. The molecule has 2 rings (SSSR count). The summed E-state index contributed by atoms with van der Waals surface area (Å²) in [6, 6.07) is 14.7. The van der Waals surface area contributed by atoms with Crippen molar-refractivity contribution in [2.45, 2.75) is 20.0 Å². The Morgan fingerprint density at radius 1 is 1.16 bits per heavy atom. The molecule has 0 spiro atoms. The highest BCUT2D eigenvalue weighted by atomic mass is 16.5. The number of nitrogens with zero attached hydrogens (tertiary/aromatic N) is 1. The first-order valence-corrected chi connectivity index (χ1v) is 6.07. The Labute approximate surface area is 112 Å². The van der Waals surface area contributed by atoms with E-state index in [4.69, 9.17) is 10.00 Å². The zero-order valence-corrected chi connectivity index (χ0v) is 10.9. The fourth-order valence-corrected chi connectivity index (χ4v) is 1.83. The van der Waals surface area contributed by atoms with E-state index in [1.807, 2.05) is 31.2 Å². The third kappa shape index (κ3) is 2.93. The number of hydrogen-bond acceptors (Lipinski definition) is 3. The van der Waals surface area contributed by atoms with E-state index in [9.17, 15) is 5.11 Å². The van der Waals surface area contributed by atoms with Crippen LogP contribution in [-0.4, -0.2) is 5.11 Å². The minimum atomic E-state index is -0.647. The zero-order valence-electron chi connectivity index (χ0n) is 10.9. The van der Waals surface area contributed by atoms with E-state index in [2.05, 4.69) is 6.07 Å². The lowest BCUT2D eigenvalue weighted by atomic mass is 10.1. The molecule has 2 aromatic carbocycles. The topological polar surface area (TPSA) is 53.2 Å². The summed E-state index contributed by atoms with van der Waals surface area (Å²) >= 11 is 0. The average Bonchev–Trinajstić information content (AvgIpc) is 2.41. The van der Waals surface area contributed by atoms with E-state index in [0.29, 0.717) is 16.9 Å². The van der Waals surface area contributed by atoms with Gasteiger partial charge in [-0.05, 0) is 37.6 Å². The molecule has 0 heterocycles. The molecule has 0 bridgehead atoms. The number of nitriles is 1. The van der Waals surface area contributed by atoms with Gasteiger partial charge in [-0.1, -0.05) is 24.3 Å². The molecule has 1 N–H and O–H groups in total. The van der Waals surface area contributed by atoms with Crippen LogP contribution in [-0.2, 0) is 0 Å². The summed E-state index contributed by atoms with van der Waals surface area (Å²) < 4.78 is 5.83. The summed E-state index contributed by atoms with van der Waals surface area (Å²) in [4.78, 5) is 0. The monoisotopic (exact) mass is 253 g/mol. The van der Waals surface area contributed by atoms with Crippen LogP contribution in [0, 0.1) is 18.3 Å². The van der Waals surface area contributed by atoms with Crippen LogP contribution in [0.2, 0.25) is 0 Å². The molecular formula is C16H15NO2. The lowest BCUT2D eigenvalue weighted by molar-refractivity contribution is 0.195. The van der Waals surface area contributed by atoms with E-state index >= 15 is 0 Å². The fraction of sp³-hybridized carbons (Fsp3) is 0.188. The van der Waals surface area contributed by atoms with Crippen molar-refractivity contribution in [2.75, 3.05) is 0 Å². The number of ether oxygens (including phenoxy) is 1. The Balaban J connectivity index is 2.44. The molecule has 0 fully saturated rings. The van der Waals surface area contributed by atoms with Gasteiger partial charge in [0.2, 0.25) is 0 Å². The standard InChI is InChI=1S/C16H15NO2/c1-11-5-3-4-6-15(11)19-16-9-13(10-17)7-8-14(16)12(2)18/h3-9,12,18H,1-2H3. The molecule has 1 unspecified atom stereocenters. The predicted molar refractivity (Wildman–Crippen MR) is 73.0 cm³/mol. The largest absolute Gasteiger partial charge is 0.457 e. The smallest absolute Gasteiger partial charge is 0.134 e. The predicted octanol–water partition coefficient (Wildman–Crippen LogP) is 3.71. The van der Waals surface area contributed by atoms with Gasteiger partial charge in [0.25, 0.3) is 0 Å². The summed E-state index contributed by atoms with van der Waals surface area (Å²) in [7, 11) is 0. The first-order chi connectivity index (χ1) is 9.11. The second-order valence-corrected chi connectivity index (χ2v) is 4.41. The van der Waals surface area contributed by atoms with Crippen LogP contribution in [0.25, 0.3) is 0 Å². The number of hydrogen-bond donors (Lipinski definition) is 1. The lowest BCUT2D eigenvalue weighted by Gasteiger charge is -2.14. The Morgan fingerprint density at radius 3 is 2.53 bits per heavy atom. The van der Waals surface area contributed by atoms with Crippen LogP contribution in [0.4, 0.5) is 0 Å². The van der Waals surface area contributed by atoms with Gasteiger partial charge in [-0.2, -0.15) is 5.26 Å². The second-order valence-electron chi connectivity index (χ2n) is 4.41. The first-order valence-electron chi connectivity index (χ1n) is 6.07. The first kappa shape index (κ1) is 13.1. The molecule has 0 aliphatic rings. The molecule has 0 amide bonds. The third-order valence-electron chi connectivity index (χ3n) is 2.91. The van der Waals surface area contributed by atoms with Gasteiger partial charge < -0.3 is 9.84 Å². The van der Waals surface area contributed by atoms with E-state index in [0.717, 1.165) is 11.3 Å². The maximum atomic E-state index is 9.75. The van der Waals surface area contributed by atoms with Gasteiger partial charge in [-0.3, -0.25) is 0 Å². The number of aliphatic hydroxyl groups is 1. The van der Waals surface area contributed by atoms with Crippen LogP contribution in [0.15, 0.2) is 42.5 Å². The Bertz CT molecular complexity index is 627. The molecular weight excluding hydrogens is 238 g/mol. The van der Waals surface area contributed by atoms with Crippen molar-refractivity contribution in [3.05, 3.63) is 59.2 Å². The molecule has 19 heavy (non-hydrogen) atoms. The van der Waals surface area contributed by atoms with Gasteiger partial charge in [-0.15, -0.1) is 0 Å². The normalized spacial score (nSPS) is 11.7. The van der Waals surface area contributed by atoms with Crippen LogP contribution in [0.3, 0.4) is 0 Å². The zero-order chi connectivity index (χ0) is 13.8. The molecule has 0 saturated heterocycles. The quantitative estimate of drug-likeness (QED) is 0.907. The molecule has 0 aromatic heterocycles. The fourth-order valence-electron chi connectivity index (χ4n) is 1.83. The van der Waals surface area contributed by atoms with Crippen molar-refractivity contribution < 1.29 is 9.84 Å². The Morgan fingerprint density at radius 2 is 1.89 bits per heavy atom. The molecule has 0 aliphatic carbocycles. The van der Waals surface area contributed by atoms with E-state index < -0.39 is 6.10 Å². The highest BCUT2D eigenvalue weighted by Crippen LogP contribution is 2.31. The molecule has 3 heteroatoms. The maximum Gasteiger partial charge on any atom is 0.134 e. The summed E-state index contributed by atoms with van der Waals surface area (Å²) in [5.41, 5.74) is 2.18. The van der Waals surface area contributed by atoms with Gasteiger partial charge in [-0.25, -0.2) is 0 Å². The highest BCUT2D eigenvalue weighted by molar-refractivity contribution is 5.46. The SMILES string of the molecule is Cc1ccccc1Oc1cc(C#N)ccc1C(C)O. The second kappa shape index (κ2) is 5.55. The molecule has 2 aromatic rings. The van der Waals surface area contributed by atoms with Crippen molar-refractivity contribution >= 4 is 0 Å². The number of benzene rings is 2. The number of aryl methyl sites for hydroxylation is 1. The van der Waals surface area contributed by atoms with Gasteiger partial charge >= 0.3 is 0 Å². The summed E-state index contributed by atoms with van der Waals surface area (Å²) in [6.45, 7) is 3.62. The van der Waals surface area contributed by atoms with Crippen molar-refractivity contribution in [2.24, 2.45) is 0 Å². The summed E-state index contributed by atoms with van der Waals surface area (Å²) in [5.74, 6) is 1.24. The van der Waals surface area contributed by atoms with Gasteiger partial charge in [0.15, 0.2) is 0 Å².